The molecule has 1 aliphatic rings. The highest BCUT2D eigenvalue weighted by atomic mass is 32.2. The van der Waals surface area contributed by atoms with Gasteiger partial charge in [0.2, 0.25) is 0 Å². The zero-order valence-corrected chi connectivity index (χ0v) is 11.2. The molecule has 1 fully saturated rings. The minimum absolute atomic E-state index is 0.590. The highest BCUT2D eigenvalue weighted by molar-refractivity contribution is 7.98. The summed E-state index contributed by atoms with van der Waals surface area (Å²) in [5, 5.41) is 0. The Kier molecular flexibility index (Phi) is 4.36. The van der Waals surface area contributed by atoms with Gasteiger partial charge in [-0.2, -0.15) is 11.8 Å². The second-order valence-corrected chi connectivity index (χ2v) is 6.73. The molecule has 14 heavy (non-hydrogen) atoms. The molecule has 0 saturated heterocycles. The normalized spacial score (nSPS) is 30.9. The summed E-state index contributed by atoms with van der Waals surface area (Å²) in [6, 6.07) is 0. The van der Waals surface area contributed by atoms with Crippen molar-refractivity contribution in [2.45, 2.75) is 59.3 Å². The summed E-state index contributed by atoms with van der Waals surface area (Å²) in [4.78, 5) is 0. The molecule has 0 aromatic rings. The van der Waals surface area contributed by atoms with E-state index in [4.69, 9.17) is 0 Å². The topological polar surface area (TPSA) is 0 Å². The van der Waals surface area contributed by atoms with Gasteiger partial charge in [-0.3, -0.25) is 0 Å². The van der Waals surface area contributed by atoms with Crippen LogP contribution in [0.2, 0.25) is 0 Å². The van der Waals surface area contributed by atoms with Crippen molar-refractivity contribution in [1.82, 2.24) is 0 Å². The van der Waals surface area contributed by atoms with Gasteiger partial charge in [0.25, 0.3) is 0 Å². The number of thioether (sulfide) groups is 1. The van der Waals surface area contributed by atoms with Crippen molar-refractivity contribution in [3.8, 4) is 0 Å². The average molecular weight is 214 g/mol. The Hall–Kier alpha value is 0.350. The monoisotopic (exact) mass is 214 g/mol. The van der Waals surface area contributed by atoms with E-state index in [9.17, 15) is 0 Å². The van der Waals surface area contributed by atoms with Crippen molar-refractivity contribution in [2.24, 2.45) is 10.8 Å². The summed E-state index contributed by atoms with van der Waals surface area (Å²) in [7, 11) is 0. The van der Waals surface area contributed by atoms with Crippen LogP contribution >= 0.6 is 11.8 Å². The Morgan fingerprint density at radius 2 is 1.79 bits per heavy atom. The molecule has 0 N–H and O–H groups in total. The first-order valence-electron chi connectivity index (χ1n) is 6.01. The lowest BCUT2D eigenvalue weighted by molar-refractivity contribution is 0.116. The van der Waals surface area contributed by atoms with Gasteiger partial charge in [-0.25, -0.2) is 0 Å². The summed E-state index contributed by atoms with van der Waals surface area (Å²) in [6.07, 6.45) is 10.8. The second kappa shape index (κ2) is 4.92. The molecule has 0 nitrogen and oxygen atoms in total. The Balaban J connectivity index is 2.34. The standard InChI is InChI=1S/C13H26S/c1-12(2)8-7-10-13(12,3)9-5-6-11-14-4/h5-11H2,1-4H3/t13-/m1/s1. The zero-order valence-electron chi connectivity index (χ0n) is 10.4. The highest BCUT2D eigenvalue weighted by Crippen LogP contribution is 2.54. The summed E-state index contributed by atoms with van der Waals surface area (Å²) < 4.78 is 0. The van der Waals surface area contributed by atoms with Gasteiger partial charge in [0, 0.05) is 0 Å². The first-order valence-corrected chi connectivity index (χ1v) is 7.40. The van der Waals surface area contributed by atoms with E-state index >= 15 is 0 Å². The lowest BCUT2D eigenvalue weighted by Gasteiger charge is -2.38. The van der Waals surface area contributed by atoms with Gasteiger partial charge in [-0.15, -0.1) is 0 Å². The van der Waals surface area contributed by atoms with E-state index in [-0.39, 0.29) is 0 Å². The molecule has 1 aliphatic carbocycles. The molecule has 0 aromatic carbocycles. The first-order chi connectivity index (χ1) is 6.52. The predicted octanol–water partition coefficient (Wildman–Crippen LogP) is 4.74. The fraction of sp³-hybridized carbons (Fsp3) is 1.00. The minimum atomic E-state index is 0.590. The molecule has 0 radical (unpaired) electrons. The molecule has 0 unspecified atom stereocenters. The lowest BCUT2D eigenvalue weighted by Crippen LogP contribution is -2.29. The van der Waals surface area contributed by atoms with Crippen LogP contribution in [0.5, 0.6) is 0 Å². The summed E-state index contributed by atoms with van der Waals surface area (Å²) in [5.74, 6) is 1.34. The van der Waals surface area contributed by atoms with Gasteiger partial charge >= 0.3 is 0 Å². The van der Waals surface area contributed by atoms with Crippen LogP contribution in [0.1, 0.15) is 59.3 Å². The molecule has 0 bridgehead atoms. The Morgan fingerprint density at radius 3 is 2.29 bits per heavy atom. The molecule has 0 heterocycles. The van der Waals surface area contributed by atoms with Crippen molar-refractivity contribution in [3.63, 3.8) is 0 Å². The predicted molar refractivity (Wildman–Crippen MR) is 68.0 cm³/mol. The third-order valence-electron chi connectivity index (χ3n) is 4.49. The number of unbranched alkanes of at least 4 members (excludes halogenated alkanes) is 1. The van der Waals surface area contributed by atoms with Gasteiger partial charge in [-0.1, -0.05) is 33.6 Å². The van der Waals surface area contributed by atoms with E-state index < -0.39 is 0 Å². The van der Waals surface area contributed by atoms with Gasteiger partial charge in [0.15, 0.2) is 0 Å². The van der Waals surface area contributed by atoms with Crippen molar-refractivity contribution in [1.29, 1.82) is 0 Å². The SMILES string of the molecule is CSCCCC[C@]1(C)CCCC1(C)C. The maximum atomic E-state index is 2.51. The van der Waals surface area contributed by atoms with Crippen LogP contribution in [0.4, 0.5) is 0 Å². The Morgan fingerprint density at radius 1 is 1.07 bits per heavy atom. The smallest absolute Gasteiger partial charge is 0.00703 e. The van der Waals surface area contributed by atoms with Crippen molar-refractivity contribution in [2.75, 3.05) is 12.0 Å². The summed E-state index contributed by atoms with van der Waals surface area (Å²) in [5.41, 5.74) is 1.22. The summed E-state index contributed by atoms with van der Waals surface area (Å²) in [6.45, 7) is 7.45. The maximum Gasteiger partial charge on any atom is -0.00703 e. The van der Waals surface area contributed by atoms with E-state index in [1.54, 1.807) is 0 Å². The van der Waals surface area contributed by atoms with Crippen LogP contribution in [0.25, 0.3) is 0 Å². The Labute approximate surface area is 94.2 Å². The lowest BCUT2D eigenvalue weighted by atomic mass is 9.67. The number of hydrogen-bond donors (Lipinski definition) is 0. The van der Waals surface area contributed by atoms with E-state index in [1.165, 1.54) is 44.3 Å². The molecule has 1 saturated carbocycles. The molecule has 0 amide bonds. The molecule has 1 rings (SSSR count). The number of hydrogen-bond acceptors (Lipinski definition) is 1. The van der Waals surface area contributed by atoms with E-state index in [1.807, 2.05) is 11.8 Å². The van der Waals surface area contributed by atoms with Crippen molar-refractivity contribution < 1.29 is 0 Å². The average Bonchev–Trinajstić information content (AvgIpc) is 2.36. The molecule has 1 heteroatoms. The molecule has 1 atom stereocenters. The minimum Gasteiger partial charge on any atom is -0.165 e. The van der Waals surface area contributed by atoms with Crippen LogP contribution in [-0.2, 0) is 0 Å². The third-order valence-corrected chi connectivity index (χ3v) is 5.19. The fourth-order valence-corrected chi connectivity index (χ4v) is 3.28. The van der Waals surface area contributed by atoms with Crippen LogP contribution in [0.15, 0.2) is 0 Å². The van der Waals surface area contributed by atoms with Gasteiger partial charge < -0.3 is 0 Å². The van der Waals surface area contributed by atoms with Crippen LogP contribution < -0.4 is 0 Å². The van der Waals surface area contributed by atoms with Gasteiger partial charge in [0.1, 0.15) is 0 Å². The molecule has 0 spiro atoms. The maximum absolute atomic E-state index is 2.51. The van der Waals surface area contributed by atoms with E-state index in [0.717, 1.165) is 0 Å². The molecule has 0 aromatic heterocycles. The van der Waals surface area contributed by atoms with Crippen molar-refractivity contribution in [3.05, 3.63) is 0 Å². The third kappa shape index (κ3) is 2.68. The zero-order chi connectivity index (χ0) is 10.7. The van der Waals surface area contributed by atoms with Crippen LogP contribution in [-0.4, -0.2) is 12.0 Å². The van der Waals surface area contributed by atoms with E-state index in [0.29, 0.717) is 10.8 Å². The van der Waals surface area contributed by atoms with Crippen molar-refractivity contribution >= 4 is 11.8 Å². The Bertz CT molecular complexity index is 174. The molecular formula is C13H26S. The quantitative estimate of drug-likeness (QED) is 0.596. The van der Waals surface area contributed by atoms with Crippen LogP contribution in [0.3, 0.4) is 0 Å². The molecule has 84 valence electrons. The summed E-state index contributed by atoms with van der Waals surface area (Å²) >= 11 is 1.98. The first kappa shape index (κ1) is 12.4. The van der Waals surface area contributed by atoms with Gasteiger partial charge in [-0.05, 0) is 48.5 Å². The highest BCUT2D eigenvalue weighted by Gasteiger charge is 2.43. The van der Waals surface area contributed by atoms with E-state index in [2.05, 4.69) is 27.0 Å². The van der Waals surface area contributed by atoms with Crippen LogP contribution in [0, 0.1) is 10.8 Å². The molecule has 0 aliphatic heterocycles. The largest absolute Gasteiger partial charge is 0.165 e. The fourth-order valence-electron chi connectivity index (χ4n) is 2.79. The van der Waals surface area contributed by atoms with Gasteiger partial charge in [0.05, 0.1) is 0 Å². The number of rotatable bonds is 5. The molecular weight excluding hydrogens is 188 g/mol. The second-order valence-electron chi connectivity index (χ2n) is 5.75.